The molecule has 2 N–H and O–H groups in total. The van der Waals surface area contributed by atoms with E-state index in [0.717, 1.165) is 17.1 Å². The third-order valence-corrected chi connectivity index (χ3v) is 5.26. The lowest BCUT2D eigenvalue weighted by Crippen LogP contribution is -2.34. The van der Waals surface area contributed by atoms with Gasteiger partial charge in [0.2, 0.25) is 5.91 Å². The summed E-state index contributed by atoms with van der Waals surface area (Å²) in [5.41, 5.74) is 1.64. The number of esters is 1. The second kappa shape index (κ2) is 7.84. The fraction of sp³-hybridized carbons (Fsp3) is 0.400. The van der Waals surface area contributed by atoms with Crippen LogP contribution in [0.2, 0.25) is 0 Å². The summed E-state index contributed by atoms with van der Waals surface area (Å²) in [6, 6.07) is 7.60. The van der Waals surface area contributed by atoms with Crippen LogP contribution in [0.5, 0.6) is 5.75 Å². The number of carbonyl (C=O) groups is 2. The molecule has 1 fully saturated rings. The molecule has 0 radical (unpaired) electrons. The molecule has 7 nitrogen and oxygen atoms in total. The molecule has 0 spiro atoms. The van der Waals surface area contributed by atoms with Gasteiger partial charge >= 0.3 is 5.97 Å². The van der Waals surface area contributed by atoms with Crippen molar-refractivity contribution in [1.29, 1.82) is 0 Å². The fourth-order valence-electron chi connectivity index (χ4n) is 3.71. The third-order valence-electron chi connectivity index (χ3n) is 5.26. The monoisotopic (exact) mass is 373 g/mol. The van der Waals surface area contributed by atoms with E-state index in [9.17, 15) is 9.59 Å². The molecule has 7 heteroatoms. The number of amides is 1. The van der Waals surface area contributed by atoms with E-state index in [1.54, 1.807) is 12.6 Å². The van der Waals surface area contributed by atoms with Gasteiger partial charge in [-0.25, -0.2) is 5.48 Å². The van der Waals surface area contributed by atoms with Crippen molar-refractivity contribution in [3.8, 4) is 5.75 Å². The zero-order valence-corrected chi connectivity index (χ0v) is 15.3. The van der Waals surface area contributed by atoms with Crippen LogP contribution in [0.15, 0.2) is 48.3 Å². The summed E-state index contributed by atoms with van der Waals surface area (Å²) in [4.78, 5) is 24.2. The number of carbonyl (C=O) groups excluding carboxylic acids is 2. The first kappa shape index (κ1) is 19.0. The Morgan fingerprint density at radius 1 is 1.33 bits per heavy atom. The first-order valence-electron chi connectivity index (χ1n) is 8.70. The SMILES string of the molecule is COC(=O)[C@@]1(C2C=CC=C(OCc3cccc(OC)c3)C2)C[C@@H]1C(=O)NO. The number of ether oxygens (including phenoxy) is 3. The number of methoxy groups -OCH3 is 2. The Kier molecular flexibility index (Phi) is 5.51. The van der Waals surface area contributed by atoms with Gasteiger partial charge in [-0.05, 0) is 30.2 Å². The van der Waals surface area contributed by atoms with Crippen molar-refractivity contribution in [2.24, 2.45) is 17.3 Å². The molecule has 1 aromatic rings. The number of hydrogen-bond acceptors (Lipinski definition) is 6. The minimum Gasteiger partial charge on any atom is -0.497 e. The topological polar surface area (TPSA) is 94.1 Å². The molecule has 0 aromatic heterocycles. The Balaban J connectivity index is 1.68. The third kappa shape index (κ3) is 3.68. The summed E-state index contributed by atoms with van der Waals surface area (Å²) < 4.78 is 16.1. The summed E-state index contributed by atoms with van der Waals surface area (Å²) in [6.07, 6.45) is 6.38. The fourth-order valence-corrected chi connectivity index (χ4v) is 3.71. The lowest BCUT2D eigenvalue weighted by molar-refractivity contribution is -0.151. The number of hydroxylamine groups is 1. The highest BCUT2D eigenvalue weighted by Gasteiger charge is 2.68. The minimum absolute atomic E-state index is 0.238. The van der Waals surface area contributed by atoms with Crippen molar-refractivity contribution in [2.75, 3.05) is 14.2 Å². The van der Waals surface area contributed by atoms with Gasteiger partial charge in [0.05, 0.1) is 31.3 Å². The van der Waals surface area contributed by atoms with E-state index in [1.165, 1.54) is 7.11 Å². The van der Waals surface area contributed by atoms with Crippen molar-refractivity contribution in [2.45, 2.75) is 19.4 Å². The van der Waals surface area contributed by atoms with E-state index in [4.69, 9.17) is 19.4 Å². The molecule has 2 aliphatic carbocycles. The summed E-state index contributed by atoms with van der Waals surface area (Å²) in [5.74, 6) is -0.377. The van der Waals surface area contributed by atoms with Crippen LogP contribution in [-0.2, 0) is 25.7 Å². The molecule has 3 atom stereocenters. The molecule has 0 aliphatic heterocycles. The van der Waals surface area contributed by atoms with Crippen molar-refractivity contribution in [3.05, 3.63) is 53.8 Å². The quantitative estimate of drug-likeness (QED) is 0.433. The molecule has 3 rings (SSSR count). The second-order valence-electron chi connectivity index (χ2n) is 6.73. The standard InChI is InChI=1S/C20H23NO6/c1-25-15-7-3-5-13(9-15)12-27-16-8-4-6-14(10-16)20(19(23)26-2)11-17(20)18(22)21-24/h3-9,14,17,24H,10-12H2,1-2H3,(H,21,22)/t14?,17-,20-/m1/s1. The highest BCUT2D eigenvalue weighted by atomic mass is 16.5. The Morgan fingerprint density at radius 3 is 2.85 bits per heavy atom. The van der Waals surface area contributed by atoms with Crippen LogP contribution in [-0.4, -0.2) is 31.3 Å². The van der Waals surface area contributed by atoms with Crippen LogP contribution in [0, 0.1) is 17.3 Å². The van der Waals surface area contributed by atoms with Gasteiger partial charge in [0.25, 0.3) is 0 Å². The van der Waals surface area contributed by atoms with E-state index >= 15 is 0 Å². The van der Waals surface area contributed by atoms with Gasteiger partial charge in [-0.2, -0.15) is 0 Å². The van der Waals surface area contributed by atoms with Gasteiger partial charge < -0.3 is 14.2 Å². The predicted molar refractivity (Wildman–Crippen MR) is 95.6 cm³/mol. The average Bonchev–Trinajstić information content (AvgIpc) is 3.48. The predicted octanol–water partition coefficient (Wildman–Crippen LogP) is 2.36. The minimum atomic E-state index is -0.961. The summed E-state index contributed by atoms with van der Waals surface area (Å²) in [6.45, 7) is 0.370. The molecule has 2 aliphatic rings. The van der Waals surface area contributed by atoms with Gasteiger partial charge in [-0.15, -0.1) is 0 Å². The molecule has 144 valence electrons. The number of rotatable bonds is 7. The Labute approximate surface area is 157 Å². The largest absolute Gasteiger partial charge is 0.497 e. The second-order valence-corrected chi connectivity index (χ2v) is 6.73. The first-order valence-corrected chi connectivity index (χ1v) is 8.70. The maximum atomic E-state index is 12.4. The van der Waals surface area contributed by atoms with Gasteiger partial charge in [0.1, 0.15) is 12.4 Å². The lowest BCUT2D eigenvalue weighted by Gasteiger charge is -2.26. The molecule has 1 amide bonds. The molecule has 0 bridgehead atoms. The van der Waals surface area contributed by atoms with Crippen molar-refractivity contribution in [3.63, 3.8) is 0 Å². The van der Waals surface area contributed by atoms with Crippen LogP contribution in [0.4, 0.5) is 0 Å². The lowest BCUT2D eigenvalue weighted by atomic mass is 9.81. The van der Waals surface area contributed by atoms with E-state index < -0.39 is 23.2 Å². The first-order chi connectivity index (χ1) is 13.0. The summed E-state index contributed by atoms with van der Waals surface area (Å²) in [5, 5.41) is 8.92. The number of hydrogen-bond donors (Lipinski definition) is 2. The van der Waals surface area contributed by atoms with Crippen LogP contribution in [0.1, 0.15) is 18.4 Å². The Hall–Kier alpha value is -2.80. The molecule has 0 saturated heterocycles. The van der Waals surface area contributed by atoms with E-state index in [2.05, 4.69) is 0 Å². The normalized spacial score (nSPS) is 26.0. The van der Waals surface area contributed by atoms with Crippen LogP contribution in [0.25, 0.3) is 0 Å². The Bertz CT molecular complexity index is 786. The highest BCUT2D eigenvalue weighted by molar-refractivity contribution is 5.93. The smallest absolute Gasteiger partial charge is 0.313 e. The van der Waals surface area contributed by atoms with Gasteiger partial charge in [0, 0.05) is 12.3 Å². The van der Waals surface area contributed by atoms with E-state index in [0.29, 0.717) is 19.4 Å². The molecule has 1 saturated carbocycles. The number of allylic oxidation sites excluding steroid dienone is 4. The van der Waals surface area contributed by atoms with Crippen molar-refractivity contribution in [1.82, 2.24) is 5.48 Å². The Morgan fingerprint density at radius 2 is 2.15 bits per heavy atom. The molecule has 1 aromatic carbocycles. The van der Waals surface area contributed by atoms with Crippen LogP contribution < -0.4 is 10.2 Å². The zero-order chi connectivity index (χ0) is 19.4. The van der Waals surface area contributed by atoms with E-state index in [-0.39, 0.29) is 5.92 Å². The summed E-state index contributed by atoms with van der Waals surface area (Å²) >= 11 is 0. The average molecular weight is 373 g/mol. The van der Waals surface area contributed by atoms with Crippen molar-refractivity contribution >= 4 is 11.9 Å². The van der Waals surface area contributed by atoms with Crippen LogP contribution >= 0.6 is 0 Å². The molecule has 1 unspecified atom stereocenters. The molecule has 0 heterocycles. The van der Waals surface area contributed by atoms with Crippen LogP contribution in [0.3, 0.4) is 0 Å². The van der Waals surface area contributed by atoms with Gasteiger partial charge in [-0.3, -0.25) is 14.8 Å². The zero-order valence-electron chi connectivity index (χ0n) is 15.3. The summed E-state index contributed by atoms with van der Waals surface area (Å²) in [7, 11) is 2.92. The highest BCUT2D eigenvalue weighted by Crippen LogP contribution is 2.61. The molecular weight excluding hydrogens is 350 g/mol. The van der Waals surface area contributed by atoms with E-state index in [1.807, 2.05) is 42.5 Å². The maximum absolute atomic E-state index is 12.4. The number of nitrogens with one attached hydrogen (secondary N) is 1. The van der Waals surface area contributed by atoms with Gasteiger partial charge in [0.15, 0.2) is 0 Å². The van der Waals surface area contributed by atoms with Crippen molar-refractivity contribution < 1.29 is 29.0 Å². The molecular formula is C20H23NO6. The molecule has 27 heavy (non-hydrogen) atoms. The number of benzene rings is 1. The maximum Gasteiger partial charge on any atom is 0.313 e. The van der Waals surface area contributed by atoms with Gasteiger partial charge in [-0.1, -0.05) is 24.3 Å².